The van der Waals surface area contributed by atoms with Crippen LogP contribution in [0.25, 0.3) is 0 Å². The van der Waals surface area contributed by atoms with E-state index in [2.05, 4.69) is 20.1 Å². The van der Waals surface area contributed by atoms with Gasteiger partial charge in [-0.2, -0.15) is 0 Å². The van der Waals surface area contributed by atoms with Crippen LogP contribution in [0.1, 0.15) is 29.6 Å². The first-order valence-electron chi connectivity index (χ1n) is 7.31. The highest BCUT2D eigenvalue weighted by Gasteiger charge is 2.20. The van der Waals surface area contributed by atoms with Gasteiger partial charge in [0.15, 0.2) is 0 Å². The van der Waals surface area contributed by atoms with Gasteiger partial charge in [0.05, 0.1) is 5.56 Å². The van der Waals surface area contributed by atoms with Crippen molar-refractivity contribution in [3.8, 4) is 0 Å². The third-order valence-corrected chi connectivity index (χ3v) is 3.50. The highest BCUT2D eigenvalue weighted by atomic mass is 16.1. The third kappa shape index (κ3) is 3.93. The van der Waals surface area contributed by atoms with Crippen LogP contribution in [0.3, 0.4) is 0 Å². The van der Waals surface area contributed by atoms with Crippen molar-refractivity contribution in [3.05, 3.63) is 23.9 Å². The molecule has 2 heterocycles. The van der Waals surface area contributed by atoms with E-state index in [9.17, 15) is 4.79 Å². The SMILES string of the molecule is CN(C)CCCNC(=O)c1cccnc1N1CCCC1. The number of nitrogens with one attached hydrogen (secondary N) is 1. The van der Waals surface area contributed by atoms with Crippen molar-refractivity contribution >= 4 is 11.7 Å². The minimum atomic E-state index is -0.0150. The van der Waals surface area contributed by atoms with Crippen molar-refractivity contribution in [2.45, 2.75) is 19.3 Å². The summed E-state index contributed by atoms with van der Waals surface area (Å²) in [6.07, 6.45) is 5.08. The van der Waals surface area contributed by atoms with Crippen LogP contribution < -0.4 is 10.2 Å². The Kier molecular flexibility index (Phi) is 5.35. The highest BCUT2D eigenvalue weighted by molar-refractivity contribution is 5.98. The number of aromatic nitrogens is 1. The molecule has 110 valence electrons. The molecule has 1 aliphatic rings. The molecule has 0 saturated carbocycles. The third-order valence-electron chi connectivity index (χ3n) is 3.50. The smallest absolute Gasteiger partial charge is 0.255 e. The molecule has 0 spiro atoms. The fourth-order valence-electron chi connectivity index (χ4n) is 2.45. The Hall–Kier alpha value is -1.62. The van der Waals surface area contributed by atoms with Crippen LogP contribution in [0, 0.1) is 0 Å². The Balaban J connectivity index is 1.95. The Bertz CT molecular complexity index is 441. The summed E-state index contributed by atoms with van der Waals surface area (Å²) in [6.45, 7) is 3.67. The summed E-state index contributed by atoms with van der Waals surface area (Å²) in [7, 11) is 4.07. The Morgan fingerprint density at radius 2 is 2.15 bits per heavy atom. The number of hydrogen-bond acceptors (Lipinski definition) is 4. The van der Waals surface area contributed by atoms with Crippen molar-refractivity contribution in [2.24, 2.45) is 0 Å². The zero-order valence-electron chi connectivity index (χ0n) is 12.4. The van der Waals surface area contributed by atoms with E-state index in [4.69, 9.17) is 0 Å². The number of hydrogen-bond donors (Lipinski definition) is 1. The lowest BCUT2D eigenvalue weighted by Gasteiger charge is -2.19. The molecule has 1 aliphatic heterocycles. The molecule has 0 radical (unpaired) electrons. The first-order chi connectivity index (χ1) is 9.68. The molecule has 1 fully saturated rings. The van der Waals surface area contributed by atoms with E-state index in [1.165, 1.54) is 12.8 Å². The van der Waals surface area contributed by atoms with Gasteiger partial charge in [0.2, 0.25) is 0 Å². The molecule has 5 nitrogen and oxygen atoms in total. The Morgan fingerprint density at radius 3 is 2.85 bits per heavy atom. The summed E-state index contributed by atoms with van der Waals surface area (Å²) in [5.41, 5.74) is 0.694. The maximum absolute atomic E-state index is 12.3. The van der Waals surface area contributed by atoms with Gasteiger partial charge >= 0.3 is 0 Å². The van der Waals surface area contributed by atoms with Crippen LogP contribution in [-0.2, 0) is 0 Å². The highest BCUT2D eigenvalue weighted by Crippen LogP contribution is 2.21. The summed E-state index contributed by atoms with van der Waals surface area (Å²) in [5.74, 6) is 0.814. The van der Waals surface area contributed by atoms with Gasteiger partial charge in [-0.3, -0.25) is 4.79 Å². The summed E-state index contributed by atoms with van der Waals surface area (Å²) >= 11 is 0. The van der Waals surface area contributed by atoms with E-state index in [1.807, 2.05) is 26.2 Å². The molecule has 5 heteroatoms. The molecule has 0 aromatic carbocycles. The Morgan fingerprint density at radius 1 is 1.40 bits per heavy atom. The van der Waals surface area contributed by atoms with E-state index < -0.39 is 0 Å². The minimum absolute atomic E-state index is 0.0150. The maximum Gasteiger partial charge on any atom is 0.255 e. The second-order valence-corrected chi connectivity index (χ2v) is 5.48. The molecule has 1 saturated heterocycles. The Labute approximate surface area is 121 Å². The number of nitrogens with zero attached hydrogens (tertiary/aromatic N) is 3. The maximum atomic E-state index is 12.3. The fraction of sp³-hybridized carbons (Fsp3) is 0.600. The van der Waals surface area contributed by atoms with E-state index in [0.717, 1.165) is 31.9 Å². The molecule has 1 N–H and O–H groups in total. The standard InChI is InChI=1S/C15H24N4O/c1-18(2)10-6-9-17-15(20)13-7-5-8-16-14(13)19-11-3-4-12-19/h5,7-8H,3-4,6,9-12H2,1-2H3,(H,17,20). The zero-order chi connectivity index (χ0) is 14.4. The molecule has 0 unspecified atom stereocenters. The van der Waals surface area contributed by atoms with E-state index >= 15 is 0 Å². The van der Waals surface area contributed by atoms with Crippen molar-refractivity contribution in [1.29, 1.82) is 0 Å². The first kappa shape index (κ1) is 14.8. The number of pyridine rings is 1. The number of anilines is 1. The monoisotopic (exact) mass is 276 g/mol. The molecular formula is C15H24N4O. The van der Waals surface area contributed by atoms with Crippen LogP contribution in [0.4, 0.5) is 5.82 Å². The van der Waals surface area contributed by atoms with Crippen molar-refractivity contribution in [3.63, 3.8) is 0 Å². The average Bonchev–Trinajstić information content (AvgIpc) is 2.97. The lowest BCUT2D eigenvalue weighted by Crippen LogP contribution is -2.30. The van der Waals surface area contributed by atoms with E-state index in [0.29, 0.717) is 12.1 Å². The summed E-state index contributed by atoms with van der Waals surface area (Å²) in [4.78, 5) is 21.0. The predicted molar refractivity (Wildman–Crippen MR) is 81.2 cm³/mol. The van der Waals surface area contributed by atoms with Crippen LogP contribution in [-0.4, -0.2) is 56.1 Å². The van der Waals surface area contributed by atoms with Gasteiger partial charge in [0, 0.05) is 25.8 Å². The largest absolute Gasteiger partial charge is 0.356 e. The van der Waals surface area contributed by atoms with Crippen molar-refractivity contribution < 1.29 is 4.79 Å². The lowest BCUT2D eigenvalue weighted by molar-refractivity contribution is 0.0952. The molecule has 1 aromatic rings. The molecular weight excluding hydrogens is 252 g/mol. The second-order valence-electron chi connectivity index (χ2n) is 5.48. The predicted octanol–water partition coefficient (Wildman–Crippen LogP) is 1.36. The normalized spacial score (nSPS) is 14.8. The summed E-state index contributed by atoms with van der Waals surface area (Å²) in [6, 6.07) is 3.69. The second kappa shape index (κ2) is 7.24. The van der Waals surface area contributed by atoms with Crippen molar-refractivity contribution in [2.75, 3.05) is 45.2 Å². The van der Waals surface area contributed by atoms with Gasteiger partial charge in [0.25, 0.3) is 5.91 Å². The van der Waals surface area contributed by atoms with E-state index in [-0.39, 0.29) is 5.91 Å². The lowest BCUT2D eigenvalue weighted by atomic mass is 10.2. The van der Waals surface area contributed by atoms with E-state index in [1.54, 1.807) is 6.20 Å². The van der Waals surface area contributed by atoms with Crippen LogP contribution >= 0.6 is 0 Å². The summed E-state index contributed by atoms with van der Waals surface area (Å²) < 4.78 is 0. The van der Waals surface area contributed by atoms with Gasteiger partial charge in [-0.1, -0.05) is 0 Å². The van der Waals surface area contributed by atoms with Gasteiger partial charge in [-0.25, -0.2) is 4.98 Å². The quantitative estimate of drug-likeness (QED) is 0.797. The molecule has 2 rings (SSSR count). The zero-order valence-corrected chi connectivity index (χ0v) is 12.4. The minimum Gasteiger partial charge on any atom is -0.356 e. The topological polar surface area (TPSA) is 48.5 Å². The first-order valence-corrected chi connectivity index (χ1v) is 7.31. The van der Waals surface area contributed by atoms with Gasteiger partial charge in [0.1, 0.15) is 5.82 Å². The van der Waals surface area contributed by atoms with Gasteiger partial charge in [-0.15, -0.1) is 0 Å². The van der Waals surface area contributed by atoms with Crippen LogP contribution in [0.15, 0.2) is 18.3 Å². The van der Waals surface area contributed by atoms with Gasteiger partial charge < -0.3 is 15.1 Å². The van der Waals surface area contributed by atoms with Crippen LogP contribution in [0.2, 0.25) is 0 Å². The molecule has 0 atom stereocenters. The molecule has 1 aromatic heterocycles. The van der Waals surface area contributed by atoms with Crippen LogP contribution in [0.5, 0.6) is 0 Å². The molecule has 1 amide bonds. The molecule has 20 heavy (non-hydrogen) atoms. The van der Waals surface area contributed by atoms with Gasteiger partial charge in [-0.05, 0) is 52.0 Å². The summed E-state index contributed by atoms with van der Waals surface area (Å²) in [5, 5.41) is 2.99. The number of carbonyl (C=O) groups excluding carboxylic acids is 1. The number of rotatable bonds is 6. The van der Waals surface area contributed by atoms with Crippen molar-refractivity contribution in [1.82, 2.24) is 15.2 Å². The fourth-order valence-corrected chi connectivity index (χ4v) is 2.45. The average molecular weight is 276 g/mol. The molecule has 0 bridgehead atoms. The molecule has 0 aliphatic carbocycles. The number of amides is 1. The number of carbonyl (C=O) groups is 1.